The second kappa shape index (κ2) is 7.67. The van der Waals surface area contributed by atoms with Gasteiger partial charge in [0.2, 0.25) is 17.7 Å². The van der Waals surface area contributed by atoms with Crippen LogP contribution in [-0.4, -0.2) is 32.1 Å². The van der Waals surface area contributed by atoms with E-state index in [0.29, 0.717) is 31.2 Å². The van der Waals surface area contributed by atoms with Crippen LogP contribution in [0.1, 0.15) is 29.6 Å². The first kappa shape index (κ1) is 17.9. The van der Waals surface area contributed by atoms with E-state index in [0.717, 1.165) is 23.4 Å². The molecular weight excluding hydrogens is 384 g/mol. The van der Waals surface area contributed by atoms with Crippen molar-refractivity contribution >= 4 is 17.2 Å². The van der Waals surface area contributed by atoms with E-state index in [1.165, 1.54) is 0 Å². The molecule has 146 valence electrons. The lowest BCUT2D eigenvalue weighted by Gasteiger charge is -2.37. The van der Waals surface area contributed by atoms with Gasteiger partial charge in [0.25, 0.3) is 0 Å². The molecule has 3 aromatic heterocycles. The molecule has 0 fully saturated rings. The number of benzene rings is 1. The molecule has 1 amide bonds. The number of carbonyl (C=O) groups excluding carboxylic acids is 1. The Morgan fingerprint density at radius 3 is 2.83 bits per heavy atom. The maximum Gasteiger partial charge on any atom is 0.248 e. The number of fused-ring (bicyclic) bond motifs is 1. The quantitative estimate of drug-likeness (QED) is 0.501. The van der Waals surface area contributed by atoms with Gasteiger partial charge in [0, 0.05) is 48.8 Å². The van der Waals surface area contributed by atoms with Crippen molar-refractivity contribution in [2.24, 2.45) is 0 Å². The Labute approximate surface area is 172 Å². The zero-order valence-corrected chi connectivity index (χ0v) is 16.6. The molecule has 0 N–H and O–H groups in total. The van der Waals surface area contributed by atoms with Crippen LogP contribution in [0.2, 0.25) is 0 Å². The van der Waals surface area contributed by atoms with Crippen LogP contribution < -0.4 is 0 Å². The number of nitrogens with zero attached hydrogens (tertiary/aromatic N) is 4. The van der Waals surface area contributed by atoms with E-state index in [9.17, 15) is 4.79 Å². The summed E-state index contributed by atoms with van der Waals surface area (Å²) in [6.07, 6.45) is 2.86. The van der Waals surface area contributed by atoms with Crippen molar-refractivity contribution in [1.29, 1.82) is 0 Å². The fourth-order valence-electron chi connectivity index (χ4n) is 3.85. The van der Waals surface area contributed by atoms with Crippen molar-refractivity contribution in [2.75, 3.05) is 6.54 Å². The van der Waals surface area contributed by atoms with Crippen LogP contribution in [0.25, 0.3) is 11.5 Å². The van der Waals surface area contributed by atoms with Crippen LogP contribution in [0, 0.1) is 0 Å². The molecule has 4 aromatic rings. The zero-order chi connectivity index (χ0) is 19.6. The lowest BCUT2D eigenvalue weighted by molar-refractivity contribution is -0.134. The average Bonchev–Trinajstić information content (AvgIpc) is 3.52. The number of thiophene rings is 1. The summed E-state index contributed by atoms with van der Waals surface area (Å²) in [6, 6.07) is 16.2. The molecule has 1 unspecified atom stereocenters. The molecule has 1 aliphatic heterocycles. The van der Waals surface area contributed by atoms with E-state index in [4.69, 9.17) is 4.42 Å². The Balaban J connectivity index is 1.33. The summed E-state index contributed by atoms with van der Waals surface area (Å²) >= 11 is 1.58. The van der Waals surface area contributed by atoms with Crippen LogP contribution >= 0.6 is 11.3 Å². The summed E-state index contributed by atoms with van der Waals surface area (Å²) in [6.45, 7) is 1.49. The van der Waals surface area contributed by atoms with Gasteiger partial charge in [-0.2, -0.15) is 11.3 Å². The van der Waals surface area contributed by atoms with Crippen molar-refractivity contribution in [2.45, 2.75) is 25.4 Å². The van der Waals surface area contributed by atoms with Crippen molar-refractivity contribution < 1.29 is 9.21 Å². The highest BCUT2D eigenvalue weighted by molar-refractivity contribution is 7.08. The van der Waals surface area contributed by atoms with E-state index >= 15 is 0 Å². The number of rotatable bonds is 5. The summed E-state index contributed by atoms with van der Waals surface area (Å²) in [5.74, 6) is 1.10. The molecule has 0 aliphatic carbocycles. The minimum absolute atomic E-state index is 0.0727. The van der Waals surface area contributed by atoms with E-state index in [1.807, 2.05) is 46.0 Å². The van der Waals surface area contributed by atoms with Gasteiger partial charge in [-0.3, -0.25) is 4.79 Å². The Hall–Kier alpha value is -3.19. The van der Waals surface area contributed by atoms with Crippen molar-refractivity contribution in [3.05, 3.63) is 82.6 Å². The fraction of sp³-hybridized carbons (Fsp3) is 0.227. The van der Waals surface area contributed by atoms with Crippen LogP contribution in [0.4, 0.5) is 0 Å². The van der Waals surface area contributed by atoms with Crippen molar-refractivity contribution in [3.63, 3.8) is 0 Å². The summed E-state index contributed by atoms with van der Waals surface area (Å²) < 4.78 is 7.96. The molecule has 1 aliphatic rings. The minimum Gasteiger partial charge on any atom is -0.421 e. The number of aryl methyl sites for hydroxylation is 1. The first-order chi connectivity index (χ1) is 14.3. The third kappa shape index (κ3) is 3.49. The molecule has 0 saturated heterocycles. The number of amides is 1. The van der Waals surface area contributed by atoms with Gasteiger partial charge in [-0.25, -0.2) is 0 Å². The summed E-state index contributed by atoms with van der Waals surface area (Å²) in [5.41, 5.74) is 3.19. The van der Waals surface area contributed by atoms with Crippen LogP contribution in [0.5, 0.6) is 0 Å². The van der Waals surface area contributed by atoms with Crippen LogP contribution in [-0.2, 0) is 17.8 Å². The van der Waals surface area contributed by atoms with E-state index < -0.39 is 0 Å². The van der Waals surface area contributed by atoms with Gasteiger partial charge in [-0.05, 0) is 29.1 Å². The van der Waals surface area contributed by atoms with Crippen molar-refractivity contribution in [3.8, 4) is 11.5 Å². The highest BCUT2D eigenvalue weighted by Crippen LogP contribution is 2.33. The Kier molecular flexibility index (Phi) is 4.73. The first-order valence-electron chi connectivity index (χ1n) is 9.64. The van der Waals surface area contributed by atoms with Crippen molar-refractivity contribution in [1.82, 2.24) is 19.7 Å². The van der Waals surface area contributed by atoms with Gasteiger partial charge >= 0.3 is 0 Å². The third-order valence-corrected chi connectivity index (χ3v) is 5.94. The molecule has 0 bridgehead atoms. The molecule has 7 heteroatoms. The van der Waals surface area contributed by atoms with Crippen LogP contribution in [0.3, 0.4) is 0 Å². The fourth-order valence-corrected chi connectivity index (χ4v) is 4.48. The van der Waals surface area contributed by atoms with Gasteiger partial charge in [0.15, 0.2) is 0 Å². The number of carbonyl (C=O) groups is 1. The first-order valence-corrected chi connectivity index (χ1v) is 10.6. The topological polar surface area (TPSA) is 64.2 Å². The van der Waals surface area contributed by atoms with Gasteiger partial charge in [-0.1, -0.05) is 30.3 Å². The molecule has 0 spiro atoms. The van der Waals surface area contributed by atoms with E-state index in [2.05, 4.69) is 39.2 Å². The van der Waals surface area contributed by atoms with Gasteiger partial charge in [0.05, 0.1) is 6.04 Å². The molecular formula is C22H20N4O2S. The van der Waals surface area contributed by atoms with E-state index in [-0.39, 0.29) is 11.9 Å². The standard InChI is InChI=1S/C22H20N4O2S/c27-20(9-8-19-23-24-22(28-19)17-10-14-29-15-17)26-13-12-25-11-4-7-18(25)21(26)16-5-2-1-3-6-16/h1-7,10-11,14-15,21H,8-9,12-13H2. The molecule has 4 heterocycles. The minimum atomic E-state index is -0.0727. The second-order valence-corrected chi connectivity index (χ2v) is 7.82. The summed E-state index contributed by atoms with van der Waals surface area (Å²) in [4.78, 5) is 15.1. The highest BCUT2D eigenvalue weighted by Gasteiger charge is 2.31. The molecule has 0 saturated carbocycles. The van der Waals surface area contributed by atoms with E-state index in [1.54, 1.807) is 11.3 Å². The smallest absolute Gasteiger partial charge is 0.248 e. The predicted molar refractivity (Wildman–Crippen MR) is 110 cm³/mol. The number of aromatic nitrogens is 3. The summed E-state index contributed by atoms with van der Waals surface area (Å²) in [7, 11) is 0. The maximum absolute atomic E-state index is 13.2. The molecule has 6 nitrogen and oxygen atoms in total. The zero-order valence-electron chi connectivity index (χ0n) is 15.8. The highest BCUT2D eigenvalue weighted by atomic mass is 32.1. The lowest BCUT2D eigenvalue weighted by atomic mass is 9.99. The number of hydrogen-bond donors (Lipinski definition) is 0. The average molecular weight is 404 g/mol. The molecule has 29 heavy (non-hydrogen) atoms. The molecule has 0 radical (unpaired) electrons. The largest absolute Gasteiger partial charge is 0.421 e. The monoisotopic (exact) mass is 404 g/mol. The molecule has 5 rings (SSSR count). The Morgan fingerprint density at radius 2 is 2.00 bits per heavy atom. The van der Waals surface area contributed by atoms with Gasteiger partial charge in [0.1, 0.15) is 0 Å². The summed E-state index contributed by atoms with van der Waals surface area (Å²) in [5, 5.41) is 12.1. The Morgan fingerprint density at radius 1 is 1.10 bits per heavy atom. The normalized spacial score (nSPS) is 16.0. The lowest BCUT2D eigenvalue weighted by Crippen LogP contribution is -2.42. The molecule has 1 atom stereocenters. The Bertz CT molecular complexity index is 1100. The van der Waals surface area contributed by atoms with Crippen LogP contribution in [0.15, 0.2) is 69.9 Å². The van der Waals surface area contributed by atoms with Gasteiger partial charge in [-0.15, -0.1) is 10.2 Å². The SMILES string of the molecule is O=C(CCc1nnc(-c2ccsc2)o1)N1CCn2cccc2C1c1ccccc1. The third-order valence-electron chi connectivity index (χ3n) is 5.26. The molecule has 1 aromatic carbocycles. The maximum atomic E-state index is 13.2. The predicted octanol–water partition coefficient (Wildman–Crippen LogP) is 4.16. The number of hydrogen-bond acceptors (Lipinski definition) is 5. The van der Waals surface area contributed by atoms with Gasteiger partial charge < -0.3 is 13.9 Å². The second-order valence-electron chi connectivity index (χ2n) is 7.04.